The predicted octanol–water partition coefficient (Wildman–Crippen LogP) is 5.34. The van der Waals surface area contributed by atoms with Crippen molar-refractivity contribution in [1.29, 1.82) is 0 Å². The minimum absolute atomic E-state index is 0.0279. The van der Waals surface area contributed by atoms with E-state index in [9.17, 15) is 15.0 Å². The zero-order chi connectivity index (χ0) is 22.6. The quantitative estimate of drug-likeness (QED) is 0.573. The van der Waals surface area contributed by atoms with Gasteiger partial charge in [-0.3, -0.25) is 4.79 Å². The Morgan fingerprint density at radius 1 is 1.00 bits per heavy atom. The van der Waals surface area contributed by atoms with E-state index < -0.39 is 0 Å². The number of aliphatic hydroxyl groups excluding tert-OH is 2. The molecule has 10 atom stereocenters. The molecular weight excluding hydrogens is 388 g/mol. The number of carbonyl (C=O) groups is 1. The van der Waals surface area contributed by atoms with Crippen molar-refractivity contribution in [1.82, 2.24) is 0 Å². The molecule has 0 bridgehead atoms. The maximum absolute atomic E-state index is 12.1. The molecule has 4 heteroatoms. The first-order chi connectivity index (χ1) is 14.6. The first-order valence-electron chi connectivity index (χ1n) is 13.1. The summed E-state index contributed by atoms with van der Waals surface area (Å²) in [6.07, 6.45) is 9.79. The molecule has 3 unspecified atom stereocenters. The molecule has 0 aromatic heterocycles. The number of hydrogen-bond acceptors (Lipinski definition) is 4. The second-order valence-electron chi connectivity index (χ2n) is 12.4. The number of rotatable bonds is 5. The minimum atomic E-state index is -0.251. The van der Waals surface area contributed by atoms with Gasteiger partial charge in [0.1, 0.15) is 0 Å². The highest BCUT2D eigenvalue weighted by Gasteiger charge is 2.63. The molecule has 0 aromatic rings. The van der Waals surface area contributed by atoms with Crippen LogP contribution in [0.4, 0.5) is 0 Å². The third-order valence-electron chi connectivity index (χ3n) is 10.7. The average Bonchev–Trinajstić information content (AvgIpc) is 3.06. The molecule has 0 saturated heterocycles. The van der Waals surface area contributed by atoms with Gasteiger partial charge in [-0.1, -0.05) is 20.8 Å². The van der Waals surface area contributed by atoms with Crippen molar-refractivity contribution in [2.45, 2.75) is 117 Å². The van der Waals surface area contributed by atoms with Gasteiger partial charge in [0, 0.05) is 6.42 Å². The van der Waals surface area contributed by atoms with Crippen LogP contribution in [0.25, 0.3) is 0 Å². The van der Waals surface area contributed by atoms with E-state index >= 15 is 0 Å². The van der Waals surface area contributed by atoms with Crippen LogP contribution in [0.3, 0.4) is 0 Å². The number of esters is 1. The maximum atomic E-state index is 12.1. The predicted molar refractivity (Wildman–Crippen MR) is 122 cm³/mol. The molecule has 0 aliphatic heterocycles. The Hall–Kier alpha value is -0.610. The number of carbonyl (C=O) groups excluding carboxylic acids is 1. The zero-order valence-electron chi connectivity index (χ0n) is 20.5. The van der Waals surface area contributed by atoms with Gasteiger partial charge in [0.15, 0.2) is 0 Å². The lowest BCUT2D eigenvalue weighted by molar-refractivity contribution is -0.175. The van der Waals surface area contributed by atoms with Crippen LogP contribution in [0, 0.1) is 46.3 Å². The molecule has 4 aliphatic carbocycles. The molecule has 0 spiro atoms. The summed E-state index contributed by atoms with van der Waals surface area (Å²) in [7, 11) is 0. The maximum Gasteiger partial charge on any atom is 0.306 e. The Bertz CT molecular complexity index is 662. The van der Waals surface area contributed by atoms with Crippen molar-refractivity contribution in [2.75, 3.05) is 0 Å². The first-order valence-corrected chi connectivity index (χ1v) is 13.1. The largest absolute Gasteiger partial charge is 0.463 e. The lowest BCUT2D eigenvalue weighted by atomic mass is 9.43. The molecular formula is C27H46O4. The van der Waals surface area contributed by atoms with E-state index in [1.54, 1.807) is 0 Å². The van der Waals surface area contributed by atoms with Crippen molar-refractivity contribution in [3.8, 4) is 0 Å². The summed E-state index contributed by atoms with van der Waals surface area (Å²) < 4.78 is 5.35. The summed E-state index contributed by atoms with van der Waals surface area (Å²) in [6.45, 7) is 11.0. The van der Waals surface area contributed by atoms with Gasteiger partial charge in [-0.15, -0.1) is 0 Å². The molecule has 4 nitrogen and oxygen atoms in total. The molecule has 0 heterocycles. The van der Waals surface area contributed by atoms with E-state index in [1.165, 1.54) is 25.7 Å². The first kappa shape index (κ1) is 23.5. The van der Waals surface area contributed by atoms with Gasteiger partial charge in [0.05, 0.1) is 18.3 Å². The fourth-order valence-corrected chi connectivity index (χ4v) is 9.03. The lowest BCUT2D eigenvalue weighted by Gasteiger charge is -2.62. The molecule has 4 aliphatic rings. The van der Waals surface area contributed by atoms with Crippen LogP contribution in [-0.4, -0.2) is 34.5 Å². The normalized spacial score (nSPS) is 47.9. The smallest absolute Gasteiger partial charge is 0.306 e. The number of ether oxygens (including phenoxy) is 1. The summed E-state index contributed by atoms with van der Waals surface area (Å²) in [4.78, 5) is 12.1. The third-order valence-corrected chi connectivity index (χ3v) is 10.7. The van der Waals surface area contributed by atoms with Crippen molar-refractivity contribution in [3.05, 3.63) is 0 Å². The van der Waals surface area contributed by atoms with Gasteiger partial charge < -0.3 is 14.9 Å². The molecule has 0 aromatic carbocycles. The Morgan fingerprint density at radius 2 is 1.74 bits per heavy atom. The molecule has 4 rings (SSSR count). The fraction of sp³-hybridized carbons (Fsp3) is 0.963. The van der Waals surface area contributed by atoms with Crippen molar-refractivity contribution < 1.29 is 19.7 Å². The zero-order valence-corrected chi connectivity index (χ0v) is 20.5. The Kier molecular flexibility index (Phi) is 6.55. The third kappa shape index (κ3) is 3.98. The van der Waals surface area contributed by atoms with E-state index in [-0.39, 0.29) is 35.1 Å². The van der Waals surface area contributed by atoms with Crippen LogP contribution in [0.2, 0.25) is 0 Å². The van der Waals surface area contributed by atoms with Gasteiger partial charge >= 0.3 is 5.97 Å². The molecule has 0 radical (unpaired) electrons. The highest BCUT2D eigenvalue weighted by molar-refractivity contribution is 5.69. The van der Waals surface area contributed by atoms with Crippen LogP contribution in [0.1, 0.15) is 98.8 Å². The number of aliphatic hydroxyl groups is 2. The molecule has 178 valence electrons. The van der Waals surface area contributed by atoms with E-state index in [0.717, 1.165) is 32.1 Å². The summed E-state index contributed by atoms with van der Waals surface area (Å²) in [5.74, 6) is 3.36. The highest BCUT2D eigenvalue weighted by atomic mass is 16.5. The van der Waals surface area contributed by atoms with Crippen molar-refractivity contribution >= 4 is 5.97 Å². The minimum Gasteiger partial charge on any atom is -0.463 e. The van der Waals surface area contributed by atoms with Gasteiger partial charge in [-0.25, -0.2) is 0 Å². The Morgan fingerprint density at radius 3 is 2.45 bits per heavy atom. The van der Waals surface area contributed by atoms with Gasteiger partial charge in [-0.2, -0.15) is 0 Å². The molecule has 4 fully saturated rings. The summed E-state index contributed by atoms with van der Waals surface area (Å²) in [5, 5.41) is 21.9. The highest BCUT2D eigenvalue weighted by Crippen LogP contribution is 2.68. The molecule has 0 amide bonds. The van der Waals surface area contributed by atoms with Crippen LogP contribution in [-0.2, 0) is 9.53 Å². The molecule has 31 heavy (non-hydrogen) atoms. The summed E-state index contributed by atoms with van der Waals surface area (Å²) in [5.41, 5.74) is 0.259. The van der Waals surface area contributed by atoms with E-state index in [2.05, 4.69) is 20.8 Å². The number of hydrogen-bond donors (Lipinski definition) is 2. The van der Waals surface area contributed by atoms with Crippen LogP contribution < -0.4 is 0 Å². The molecule has 2 N–H and O–H groups in total. The van der Waals surface area contributed by atoms with Crippen LogP contribution in [0.5, 0.6) is 0 Å². The van der Waals surface area contributed by atoms with Gasteiger partial charge in [0.25, 0.3) is 0 Å². The average molecular weight is 435 g/mol. The van der Waals surface area contributed by atoms with E-state index in [1.807, 2.05) is 13.8 Å². The lowest BCUT2D eigenvalue weighted by Crippen LogP contribution is -2.58. The van der Waals surface area contributed by atoms with E-state index in [4.69, 9.17) is 4.74 Å². The SMILES string of the molecule is CC(C)OC(=O)CC[C@H](C)C1CCC2C3CC[C@H]4C[C@@H](O)CC[C@@]4(C)[C@@H]3C[C@@H](O)[C@]21C. The fourth-order valence-electron chi connectivity index (χ4n) is 9.03. The Balaban J connectivity index is 1.48. The summed E-state index contributed by atoms with van der Waals surface area (Å²) >= 11 is 0. The van der Waals surface area contributed by atoms with Crippen LogP contribution >= 0.6 is 0 Å². The van der Waals surface area contributed by atoms with Crippen molar-refractivity contribution in [2.24, 2.45) is 46.3 Å². The van der Waals surface area contributed by atoms with Crippen molar-refractivity contribution in [3.63, 3.8) is 0 Å². The number of fused-ring (bicyclic) bond motifs is 5. The van der Waals surface area contributed by atoms with Gasteiger partial charge in [-0.05, 0) is 118 Å². The van der Waals surface area contributed by atoms with Gasteiger partial charge in [0.2, 0.25) is 0 Å². The second kappa shape index (κ2) is 8.63. The van der Waals surface area contributed by atoms with E-state index in [0.29, 0.717) is 41.9 Å². The topological polar surface area (TPSA) is 66.8 Å². The Labute approximate surface area is 189 Å². The standard InChI is InChI=1S/C27H46O4/c1-16(2)31-25(30)11-6-17(3)21-9-10-22-20-8-7-18-14-19(28)12-13-26(18,4)23(20)15-24(29)27(21,22)5/h16-24,28-29H,6-15H2,1-5H3/t17-,18-,19-,20?,21?,22?,23+,24+,26+,27-/m0/s1. The summed E-state index contributed by atoms with van der Waals surface area (Å²) in [6, 6.07) is 0. The van der Waals surface area contributed by atoms with Crippen LogP contribution in [0.15, 0.2) is 0 Å². The second-order valence-corrected chi connectivity index (χ2v) is 12.4. The molecule has 4 saturated carbocycles. The monoisotopic (exact) mass is 434 g/mol.